The number of aromatic carboxylic acids is 1. The summed E-state index contributed by atoms with van der Waals surface area (Å²) in [7, 11) is 1.49. The van der Waals surface area contributed by atoms with Gasteiger partial charge in [-0.05, 0) is 60.0 Å². The van der Waals surface area contributed by atoms with Crippen molar-refractivity contribution >= 4 is 23.4 Å². The lowest BCUT2D eigenvalue weighted by Gasteiger charge is -2.26. The van der Waals surface area contributed by atoms with Gasteiger partial charge in [0.25, 0.3) is 11.7 Å². The van der Waals surface area contributed by atoms with E-state index in [2.05, 4.69) is 0 Å². The van der Waals surface area contributed by atoms with Crippen LogP contribution in [0.3, 0.4) is 0 Å². The Balaban J connectivity index is 1.53. The zero-order valence-corrected chi connectivity index (χ0v) is 23.1. The number of aliphatic hydroxyl groups is 1. The molecule has 0 bridgehead atoms. The van der Waals surface area contributed by atoms with Gasteiger partial charge in [0.1, 0.15) is 23.9 Å². The van der Waals surface area contributed by atoms with Crippen molar-refractivity contribution in [3.05, 3.63) is 136 Å². The van der Waals surface area contributed by atoms with Crippen LogP contribution in [0.1, 0.15) is 44.2 Å². The third-order valence-corrected chi connectivity index (χ3v) is 7.21. The van der Waals surface area contributed by atoms with Crippen LogP contribution in [0.5, 0.6) is 11.5 Å². The lowest BCUT2D eigenvalue weighted by Crippen LogP contribution is -2.29. The fourth-order valence-corrected chi connectivity index (χ4v) is 5.06. The van der Waals surface area contributed by atoms with Gasteiger partial charge in [0.15, 0.2) is 0 Å². The minimum atomic E-state index is -1.07. The number of nitrogens with zero attached hydrogens (tertiary/aromatic N) is 1. The Morgan fingerprint density at radius 3 is 2.14 bits per heavy atom. The molecule has 4 aromatic carbocycles. The minimum Gasteiger partial charge on any atom is -0.507 e. The number of carboxylic acid groups (broad SMARTS) is 1. The number of hydrogen-bond donors (Lipinski definition) is 2. The summed E-state index contributed by atoms with van der Waals surface area (Å²) in [6.07, 6.45) is 0. The predicted molar refractivity (Wildman–Crippen MR) is 156 cm³/mol. The zero-order chi connectivity index (χ0) is 29.8. The van der Waals surface area contributed by atoms with Crippen molar-refractivity contribution in [1.82, 2.24) is 4.90 Å². The topological polar surface area (TPSA) is 113 Å². The summed E-state index contributed by atoms with van der Waals surface area (Å²) in [5.74, 6) is -1.92. The monoisotopic (exact) mass is 563 g/mol. The Bertz CT molecular complexity index is 1680. The third-order valence-electron chi connectivity index (χ3n) is 7.21. The number of carbonyl (C=O) groups is 3. The van der Waals surface area contributed by atoms with Crippen LogP contribution in [0, 0.1) is 6.92 Å². The molecular weight excluding hydrogens is 534 g/mol. The number of carboxylic acids is 1. The number of Topliss-reactive ketones (excluding diaryl/α,β-unsaturated/α-hetero) is 1. The highest BCUT2D eigenvalue weighted by atomic mass is 16.5. The van der Waals surface area contributed by atoms with E-state index in [9.17, 15) is 24.6 Å². The molecule has 1 fully saturated rings. The number of aliphatic hydroxyl groups excluding tert-OH is 1. The van der Waals surface area contributed by atoms with Crippen LogP contribution >= 0.6 is 0 Å². The van der Waals surface area contributed by atoms with Gasteiger partial charge in [0.05, 0.1) is 24.3 Å². The van der Waals surface area contributed by atoms with E-state index in [0.717, 1.165) is 11.1 Å². The van der Waals surface area contributed by atoms with Gasteiger partial charge in [-0.25, -0.2) is 4.79 Å². The predicted octanol–water partition coefficient (Wildman–Crippen LogP) is 5.90. The van der Waals surface area contributed by atoms with Gasteiger partial charge in [0, 0.05) is 17.7 Å². The number of methoxy groups -OCH3 is 1. The van der Waals surface area contributed by atoms with E-state index in [1.807, 2.05) is 37.3 Å². The smallest absolute Gasteiger partial charge is 0.335 e. The normalized spacial score (nSPS) is 16.0. The number of amides is 1. The third kappa shape index (κ3) is 5.60. The summed E-state index contributed by atoms with van der Waals surface area (Å²) in [5, 5.41) is 20.8. The molecule has 2 N–H and O–H groups in total. The molecule has 212 valence electrons. The molecule has 0 aliphatic carbocycles. The minimum absolute atomic E-state index is 0.00919. The van der Waals surface area contributed by atoms with Gasteiger partial charge in [0.2, 0.25) is 0 Å². The molecule has 8 heteroatoms. The van der Waals surface area contributed by atoms with Crippen molar-refractivity contribution in [1.29, 1.82) is 0 Å². The number of benzene rings is 4. The average molecular weight is 564 g/mol. The Hall–Kier alpha value is -5.37. The summed E-state index contributed by atoms with van der Waals surface area (Å²) in [6, 6.07) is 27.0. The number of ether oxygens (including phenoxy) is 2. The van der Waals surface area contributed by atoms with E-state index in [-0.39, 0.29) is 23.4 Å². The average Bonchev–Trinajstić information content (AvgIpc) is 3.25. The van der Waals surface area contributed by atoms with E-state index < -0.39 is 23.7 Å². The molecule has 1 saturated heterocycles. The van der Waals surface area contributed by atoms with Crippen LogP contribution in [0.4, 0.5) is 0 Å². The first-order valence-electron chi connectivity index (χ1n) is 13.3. The number of ketones is 1. The number of rotatable bonds is 9. The Labute approximate surface area is 243 Å². The Morgan fingerprint density at radius 2 is 1.48 bits per heavy atom. The van der Waals surface area contributed by atoms with E-state index in [0.29, 0.717) is 34.8 Å². The summed E-state index contributed by atoms with van der Waals surface area (Å²) in [4.78, 5) is 39.6. The van der Waals surface area contributed by atoms with Crippen molar-refractivity contribution in [3.63, 3.8) is 0 Å². The van der Waals surface area contributed by atoms with E-state index in [1.165, 1.54) is 24.1 Å². The van der Waals surface area contributed by atoms with Crippen LogP contribution in [0.15, 0.2) is 103 Å². The van der Waals surface area contributed by atoms with E-state index in [1.54, 1.807) is 54.6 Å². The summed E-state index contributed by atoms with van der Waals surface area (Å²) in [6.45, 7) is 2.23. The van der Waals surface area contributed by atoms with Crippen LogP contribution < -0.4 is 9.47 Å². The molecule has 1 aliphatic heterocycles. The summed E-state index contributed by atoms with van der Waals surface area (Å²) < 4.78 is 11.5. The van der Waals surface area contributed by atoms with Crippen molar-refractivity contribution in [2.45, 2.75) is 26.1 Å². The molecule has 1 unspecified atom stereocenters. The largest absolute Gasteiger partial charge is 0.507 e. The van der Waals surface area contributed by atoms with Crippen LogP contribution in [-0.4, -0.2) is 39.9 Å². The molecule has 42 heavy (non-hydrogen) atoms. The molecule has 4 aromatic rings. The SMILES string of the molecule is COc1ccccc1C1/C(=C(\O)c2ccc(OCc3ccccc3)c(C)c2)C(=O)C(=O)N1Cc1ccc(C(=O)O)cc1. The number of hydrogen-bond acceptors (Lipinski definition) is 6. The van der Waals surface area contributed by atoms with Gasteiger partial charge in [-0.1, -0.05) is 60.7 Å². The molecule has 1 heterocycles. The molecule has 1 atom stereocenters. The molecular formula is C34H29NO7. The molecule has 0 saturated carbocycles. The van der Waals surface area contributed by atoms with Gasteiger partial charge in [-0.3, -0.25) is 9.59 Å². The lowest BCUT2D eigenvalue weighted by molar-refractivity contribution is -0.140. The molecule has 0 radical (unpaired) electrons. The first-order chi connectivity index (χ1) is 20.3. The number of para-hydroxylation sites is 1. The molecule has 0 spiro atoms. The fourth-order valence-electron chi connectivity index (χ4n) is 5.06. The highest BCUT2D eigenvalue weighted by Gasteiger charge is 2.47. The van der Waals surface area contributed by atoms with Gasteiger partial charge in [-0.2, -0.15) is 0 Å². The maximum Gasteiger partial charge on any atom is 0.335 e. The molecule has 1 amide bonds. The number of aryl methyl sites for hydroxylation is 1. The first kappa shape index (κ1) is 28.2. The standard InChI is InChI=1S/C34H29NO7/c1-21-18-25(16-17-27(21)42-20-23-8-4-3-5-9-23)31(36)29-30(26-10-6-7-11-28(26)41-2)35(33(38)32(29)37)19-22-12-14-24(15-13-22)34(39)40/h3-18,30,36H,19-20H2,1-2H3,(H,39,40)/b31-29+. The highest BCUT2D eigenvalue weighted by Crippen LogP contribution is 2.43. The van der Waals surface area contributed by atoms with E-state index >= 15 is 0 Å². The maximum atomic E-state index is 13.5. The highest BCUT2D eigenvalue weighted by molar-refractivity contribution is 6.46. The zero-order valence-electron chi connectivity index (χ0n) is 23.1. The Kier molecular flexibility index (Phi) is 8.06. The lowest BCUT2D eigenvalue weighted by atomic mass is 9.94. The van der Waals surface area contributed by atoms with Gasteiger partial charge in [-0.15, -0.1) is 0 Å². The second-order valence-corrected chi connectivity index (χ2v) is 9.93. The summed E-state index contributed by atoms with van der Waals surface area (Å²) >= 11 is 0. The molecule has 8 nitrogen and oxygen atoms in total. The quantitative estimate of drug-likeness (QED) is 0.148. The number of likely N-dealkylation sites (tertiary alicyclic amines) is 1. The van der Waals surface area contributed by atoms with Crippen molar-refractivity contribution in [2.75, 3.05) is 7.11 Å². The number of carbonyl (C=O) groups excluding carboxylic acids is 2. The van der Waals surface area contributed by atoms with Gasteiger partial charge >= 0.3 is 5.97 Å². The van der Waals surface area contributed by atoms with E-state index in [4.69, 9.17) is 9.47 Å². The summed E-state index contributed by atoms with van der Waals surface area (Å²) in [5.41, 5.74) is 3.32. The second-order valence-electron chi connectivity index (χ2n) is 9.93. The fraction of sp³-hybridized carbons (Fsp3) is 0.147. The molecule has 0 aromatic heterocycles. The van der Waals surface area contributed by atoms with Crippen molar-refractivity contribution in [3.8, 4) is 11.5 Å². The second kappa shape index (κ2) is 12.0. The van der Waals surface area contributed by atoms with Gasteiger partial charge < -0.3 is 24.6 Å². The van der Waals surface area contributed by atoms with Crippen molar-refractivity contribution < 1.29 is 34.1 Å². The van der Waals surface area contributed by atoms with Crippen LogP contribution in [0.25, 0.3) is 5.76 Å². The Morgan fingerprint density at radius 1 is 0.810 bits per heavy atom. The maximum absolute atomic E-state index is 13.5. The van der Waals surface area contributed by atoms with Crippen LogP contribution in [-0.2, 0) is 22.7 Å². The first-order valence-corrected chi connectivity index (χ1v) is 13.3. The molecule has 5 rings (SSSR count). The van der Waals surface area contributed by atoms with Crippen LogP contribution in [0.2, 0.25) is 0 Å². The molecule has 1 aliphatic rings. The van der Waals surface area contributed by atoms with Crippen molar-refractivity contribution in [2.24, 2.45) is 0 Å².